The van der Waals surface area contributed by atoms with E-state index in [0.29, 0.717) is 12.4 Å². The monoisotopic (exact) mass is 364 g/mol. The third-order valence-electron chi connectivity index (χ3n) is 3.31. The number of nitrogens with zero attached hydrogens (tertiary/aromatic N) is 2. The molecular formula is C16H17BrN2O3. The van der Waals surface area contributed by atoms with Crippen molar-refractivity contribution < 1.29 is 14.0 Å². The first-order valence-electron chi connectivity index (χ1n) is 7.14. The number of hydrogen-bond donors (Lipinski definition) is 0. The Hall–Kier alpha value is -1.79. The quantitative estimate of drug-likeness (QED) is 0.602. The molecular weight excluding hydrogens is 348 g/mol. The molecule has 0 bridgehead atoms. The Kier molecular flexibility index (Phi) is 5.13. The van der Waals surface area contributed by atoms with Gasteiger partial charge in [0.15, 0.2) is 5.76 Å². The zero-order valence-corrected chi connectivity index (χ0v) is 13.7. The van der Waals surface area contributed by atoms with Crippen molar-refractivity contribution in [2.75, 3.05) is 31.2 Å². The molecule has 1 aromatic carbocycles. The molecule has 22 heavy (non-hydrogen) atoms. The minimum atomic E-state index is 0.440. The van der Waals surface area contributed by atoms with Crippen LogP contribution in [0, 0.1) is 0 Å². The predicted octanol–water partition coefficient (Wildman–Crippen LogP) is 3.43. The molecule has 0 amide bonds. The minimum Gasteiger partial charge on any atom is -0.438 e. The van der Waals surface area contributed by atoms with Crippen LogP contribution >= 0.6 is 15.9 Å². The number of oxime groups is 1. The van der Waals surface area contributed by atoms with Crippen molar-refractivity contribution in [1.82, 2.24) is 0 Å². The van der Waals surface area contributed by atoms with Crippen LogP contribution in [-0.2, 0) is 16.2 Å². The third kappa shape index (κ3) is 3.90. The van der Waals surface area contributed by atoms with Crippen LogP contribution in [0.2, 0.25) is 0 Å². The van der Waals surface area contributed by atoms with Crippen LogP contribution < -0.4 is 4.90 Å². The van der Waals surface area contributed by atoms with Gasteiger partial charge in [-0.25, -0.2) is 0 Å². The summed E-state index contributed by atoms with van der Waals surface area (Å²) in [6.45, 7) is 3.53. The summed E-state index contributed by atoms with van der Waals surface area (Å²) in [6, 6.07) is 11.8. The first-order chi connectivity index (χ1) is 10.8. The van der Waals surface area contributed by atoms with Gasteiger partial charge in [-0.05, 0) is 21.5 Å². The Morgan fingerprint density at radius 3 is 2.77 bits per heavy atom. The first kappa shape index (κ1) is 15.1. The fourth-order valence-corrected chi connectivity index (χ4v) is 2.75. The van der Waals surface area contributed by atoms with E-state index in [1.54, 1.807) is 6.21 Å². The van der Waals surface area contributed by atoms with Gasteiger partial charge in [0.05, 0.1) is 17.7 Å². The number of rotatable bonds is 5. The van der Waals surface area contributed by atoms with E-state index in [0.717, 1.165) is 42.2 Å². The van der Waals surface area contributed by atoms with Crippen LogP contribution in [-0.4, -0.2) is 32.5 Å². The molecule has 0 atom stereocenters. The standard InChI is InChI=1S/C16H17BrN2O3/c17-15-10-14(22-16(15)19-6-8-20-9-7-19)11-18-21-12-13-4-2-1-3-5-13/h1-5,10-11H,6-9,12H2/b18-11+. The second-order valence-electron chi connectivity index (χ2n) is 4.89. The number of halogens is 1. The maximum atomic E-state index is 5.80. The highest BCUT2D eigenvalue weighted by molar-refractivity contribution is 9.10. The summed E-state index contributed by atoms with van der Waals surface area (Å²) in [6.07, 6.45) is 1.58. The summed E-state index contributed by atoms with van der Waals surface area (Å²) in [5.74, 6) is 1.47. The van der Waals surface area contributed by atoms with Crippen molar-refractivity contribution in [2.24, 2.45) is 5.16 Å². The fourth-order valence-electron chi connectivity index (χ4n) is 2.20. The van der Waals surface area contributed by atoms with Gasteiger partial charge >= 0.3 is 0 Å². The van der Waals surface area contributed by atoms with Crippen molar-refractivity contribution in [3.05, 3.63) is 52.2 Å². The smallest absolute Gasteiger partial charge is 0.210 e. The van der Waals surface area contributed by atoms with E-state index in [2.05, 4.69) is 26.0 Å². The number of morpholine rings is 1. The van der Waals surface area contributed by atoms with E-state index in [1.807, 2.05) is 36.4 Å². The number of furan rings is 1. The molecule has 1 fully saturated rings. The lowest BCUT2D eigenvalue weighted by Crippen LogP contribution is -2.36. The van der Waals surface area contributed by atoms with Crippen molar-refractivity contribution in [2.45, 2.75) is 6.61 Å². The summed E-state index contributed by atoms with van der Waals surface area (Å²) in [4.78, 5) is 7.43. The van der Waals surface area contributed by atoms with E-state index in [1.165, 1.54) is 0 Å². The Labute approximate surface area is 137 Å². The van der Waals surface area contributed by atoms with Crippen molar-refractivity contribution in [3.8, 4) is 0 Å². The van der Waals surface area contributed by atoms with Crippen molar-refractivity contribution >= 4 is 28.0 Å². The molecule has 0 N–H and O–H groups in total. The van der Waals surface area contributed by atoms with Gasteiger partial charge in [-0.2, -0.15) is 0 Å². The topological polar surface area (TPSA) is 47.2 Å². The van der Waals surface area contributed by atoms with E-state index in [9.17, 15) is 0 Å². The predicted molar refractivity (Wildman–Crippen MR) is 88.3 cm³/mol. The molecule has 116 valence electrons. The Bertz CT molecular complexity index is 622. The van der Waals surface area contributed by atoms with Gasteiger partial charge in [0.1, 0.15) is 12.8 Å². The van der Waals surface area contributed by atoms with Crippen LogP contribution in [0.4, 0.5) is 5.88 Å². The van der Waals surface area contributed by atoms with Gasteiger partial charge in [0, 0.05) is 19.2 Å². The maximum Gasteiger partial charge on any atom is 0.210 e. The second-order valence-corrected chi connectivity index (χ2v) is 5.75. The molecule has 1 aliphatic rings. The van der Waals surface area contributed by atoms with Crippen LogP contribution in [0.15, 0.2) is 50.4 Å². The Balaban J connectivity index is 1.57. The molecule has 5 nitrogen and oxygen atoms in total. The van der Waals surface area contributed by atoms with Crippen LogP contribution in [0.25, 0.3) is 0 Å². The second kappa shape index (κ2) is 7.47. The summed E-state index contributed by atoms with van der Waals surface area (Å²) in [5.41, 5.74) is 1.08. The molecule has 3 rings (SSSR count). The highest BCUT2D eigenvalue weighted by Crippen LogP contribution is 2.30. The van der Waals surface area contributed by atoms with E-state index >= 15 is 0 Å². The van der Waals surface area contributed by atoms with Crippen molar-refractivity contribution in [1.29, 1.82) is 0 Å². The number of hydrogen-bond acceptors (Lipinski definition) is 5. The number of ether oxygens (including phenoxy) is 1. The molecule has 0 radical (unpaired) electrons. The SMILES string of the molecule is Brc1cc(/C=N/OCc2ccccc2)oc1N1CCOCC1. The molecule has 0 aliphatic carbocycles. The van der Waals surface area contributed by atoms with Gasteiger partial charge in [0.25, 0.3) is 0 Å². The lowest BCUT2D eigenvalue weighted by molar-refractivity contribution is 0.120. The van der Waals surface area contributed by atoms with Crippen LogP contribution in [0.1, 0.15) is 11.3 Å². The molecule has 0 saturated carbocycles. The number of anilines is 1. The summed E-state index contributed by atoms with van der Waals surface area (Å²) < 4.78 is 12.1. The van der Waals surface area contributed by atoms with Gasteiger partial charge in [-0.3, -0.25) is 0 Å². The summed E-state index contributed by atoms with van der Waals surface area (Å²) >= 11 is 3.52. The molecule has 6 heteroatoms. The average molecular weight is 365 g/mol. The van der Waals surface area contributed by atoms with Crippen LogP contribution in [0.3, 0.4) is 0 Å². The lowest BCUT2D eigenvalue weighted by atomic mass is 10.2. The lowest BCUT2D eigenvalue weighted by Gasteiger charge is -2.26. The molecule has 2 heterocycles. The normalized spacial score (nSPS) is 15.4. The Morgan fingerprint density at radius 2 is 2.00 bits per heavy atom. The molecule has 1 aliphatic heterocycles. The zero-order valence-electron chi connectivity index (χ0n) is 12.1. The number of benzene rings is 1. The molecule has 1 aromatic heterocycles. The maximum absolute atomic E-state index is 5.80. The third-order valence-corrected chi connectivity index (χ3v) is 3.88. The van der Waals surface area contributed by atoms with E-state index in [4.69, 9.17) is 14.0 Å². The van der Waals surface area contributed by atoms with Gasteiger partial charge < -0.3 is 18.9 Å². The summed E-state index contributed by atoms with van der Waals surface area (Å²) in [7, 11) is 0. The van der Waals surface area contributed by atoms with Crippen molar-refractivity contribution in [3.63, 3.8) is 0 Å². The first-order valence-corrected chi connectivity index (χ1v) is 7.93. The highest BCUT2D eigenvalue weighted by Gasteiger charge is 2.18. The van der Waals surface area contributed by atoms with E-state index < -0.39 is 0 Å². The molecule has 0 spiro atoms. The van der Waals surface area contributed by atoms with E-state index in [-0.39, 0.29) is 0 Å². The fraction of sp³-hybridized carbons (Fsp3) is 0.312. The Morgan fingerprint density at radius 1 is 1.23 bits per heavy atom. The molecule has 2 aromatic rings. The van der Waals surface area contributed by atoms with Gasteiger partial charge in [-0.1, -0.05) is 35.5 Å². The van der Waals surface area contributed by atoms with Gasteiger partial charge in [-0.15, -0.1) is 0 Å². The van der Waals surface area contributed by atoms with Crippen LogP contribution in [0.5, 0.6) is 0 Å². The average Bonchev–Trinajstić information content (AvgIpc) is 2.94. The molecule has 0 unspecified atom stereocenters. The van der Waals surface area contributed by atoms with Gasteiger partial charge in [0.2, 0.25) is 5.88 Å². The zero-order chi connectivity index (χ0) is 15.2. The molecule has 1 saturated heterocycles. The summed E-state index contributed by atoms with van der Waals surface area (Å²) in [5, 5.41) is 3.95. The minimum absolute atomic E-state index is 0.440. The largest absolute Gasteiger partial charge is 0.438 e. The highest BCUT2D eigenvalue weighted by atomic mass is 79.9.